The van der Waals surface area contributed by atoms with Crippen molar-refractivity contribution >= 4 is 55.3 Å². The zero-order valence-corrected chi connectivity index (χ0v) is 50.3. The molecular weight excluding hydrogens is 1130 g/mol. The molecule has 2 fully saturated rings. The fourth-order valence-electron chi connectivity index (χ4n) is 11.5. The Balaban J connectivity index is 0.626. The van der Waals surface area contributed by atoms with E-state index in [2.05, 4.69) is 62.4 Å². The zero-order chi connectivity index (χ0) is 58.6. The lowest BCUT2D eigenvalue weighted by Gasteiger charge is -2.33. The van der Waals surface area contributed by atoms with Crippen LogP contribution in [0.15, 0.2) is 70.5 Å². The molecule has 2 saturated heterocycles. The number of amides is 4. The first-order chi connectivity index (χ1) is 39.3. The van der Waals surface area contributed by atoms with Crippen LogP contribution in [0.2, 0.25) is 10.0 Å². The number of ether oxygens (including phenoxy) is 2. The van der Waals surface area contributed by atoms with Crippen molar-refractivity contribution in [2.24, 2.45) is 0 Å². The fourth-order valence-corrected chi connectivity index (χ4v) is 15.0. The van der Waals surface area contributed by atoms with Crippen LogP contribution < -0.4 is 30.7 Å². The molecule has 24 heteroatoms. The van der Waals surface area contributed by atoms with E-state index >= 15 is 0 Å². The van der Waals surface area contributed by atoms with E-state index < -0.39 is 20.0 Å². The van der Waals surface area contributed by atoms with Gasteiger partial charge in [-0.3, -0.25) is 9.80 Å². The summed E-state index contributed by atoms with van der Waals surface area (Å²) < 4.78 is 72.7. The predicted octanol–water partition coefficient (Wildman–Crippen LogP) is 5.33. The molecule has 8 rings (SSSR count). The van der Waals surface area contributed by atoms with Crippen molar-refractivity contribution in [2.45, 2.75) is 86.3 Å². The highest BCUT2D eigenvalue weighted by Gasteiger charge is 2.34. The zero-order valence-electron chi connectivity index (χ0n) is 47.2. The molecule has 442 valence electrons. The molecule has 6 N–H and O–H groups in total. The lowest BCUT2D eigenvalue weighted by atomic mass is 9.83. The van der Waals surface area contributed by atoms with E-state index in [1.165, 1.54) is 0 Å². The van der Waals surface area contributed by atoms with Gasteiger partial charge in [0.1, 0.15) is 0 Å². The van der Waals surface area contributed by atoms with Crippen LogP contribution in [0.25, 0.3) is 0 Å². The number of nitriles is 2. The maximum absolute atomic E-state index is 13.8. The average Bonchev–Trinajstić information content (AvgIpc) is 4.14. The van der Waals surface area contributed by atoms with Gasteiger partial charge in [0.05, 0.1) is 59.5 Å². The quantitative estimate of drug-likeness (QED) is 0.0460. The molecule has 0 spiro atoms. The Morgan fingerprint density at radius 1 is 0.585 bits per heavy atom. The summed E-state index contributed by atoms with van der Waals surface area (Å²) in [5.74, 6) is -0.297. The molecule has 4 aromatic carbocycles. The van der Waals surface area contributed by atoms with Gasteiger partial charge in [-0.15, -0.1) is 0 Å². The number of hydrogen-bond donors (Lipinski definition) is 6. The predicted molar refractivity (Wildman–Crippen MR) is 315 cm³/mol. The van der Waals surface area contributed by atoms with Gasteiger partial charge in [-0.2, -0.15) is 10.5 Å². The lowest BCUT2D eigenvalue weighted by molar-refractivity contribution is 0.113. The van der Waals surface area contributed by atoms with Gasteiger partial charge < -0.3 is 40.5 Å². The van der Waals surface area contributed by atoms with Crippen molar-refractivity contribution < 1.29 is 35.9 Å². The number of halogens is 2. The average molecular weight is 1200 g/mol. The molecule has 4 atom stereocenters. The normalized spacial score (nSPS) is 19.7. The number of nitrogens with one attached hydrogen (secondary N) is 6. The molecule has 0 radical (unpaired) electrons. The number of likely N-dealkylation sites (tertiary alicyclic amines) is 2. The lowest BCUT2D eigenvalue weighted by Crippen LogP contribution is -2.39. The minimum Gasteiger partial charge on any atom is -0.378 e. The number of aryl methyl sites for hydroxylation is 2. The third kappa shape index (κ3) is 16.7. The van der Waals surface area contributed by atoms with Crippen LogP contribution in [0.4, 0.5) is 9.59 Å². The van der Waals surface area contributed by atoms with Crippen LogP contribution in [0.5, 0.6) is 0 Å². The molecule has 0 bridgehead atoms. The number of unbranched alkanes of at least 4 members (excludes halogenated alkanes) is 1. The molecule has 4 amide bonds. The summed E-state index contributed by atoms with van der Waals surface area (Å²) in [6.07, 6.45) is 2.66. The van der Waals surface area contributed by atoms with Crippen molar-refractivity contribution in [3.8, 4) is 12.1 Å². The molecule has 4 aliphatic heterocycles. The van der Waals surface area contributed by atoms with Crippen molar-refractivity contribution in [2.75, 3.05) is 119 Å². The van der Waals surface area contributed by atoms with Gasteiger partial charge in [0.25, 0.3) is 0 Å². The molecule has 20 nitrogen and oxygen atoms in total. The van der Waals surface area contributed by atoms with Crippen LogP contribution in [0.1, 0.15) is 93.2 Å². The first-order valence-corrected chi connectivity index (χ1v) is 31.7. The molecule has 0 saturated carbocycles. The number of sulfonamides is 2. The Labute approximate surface area is 493 Å². The van der Waals surface area contributed by atoms with E-state index in [1.807, 2.05) is 50.5 Å². The second-order valence-corrected chi connectivity index (χ2v) is 26.2. The number of urea groups is 2. The number of hydrogen-bond acceptors (Lipinski definition) is 14. The largest absolute Gasteiger partial charge is 0.378 e. The maximum atomic E-state index is 13.8. The Kier molecular flexibility index (Phi) is 22.1. The Bertz CT molecular complexity index is 3040. The molecule has 4 aliphatic rings. The first kappa shape index (κ1) is 62.6. The molecule has 0 aromatic heterocycles. The third-order valence-corrected chi connectivity index (χ3v) is 19.4. The van der Waals surface area contributed by atoms with Gasteiger partial charge in [-0.1, -0.05) is 47.5 Å². The minimum atomic E-state index is -3.84. The summed E-state index contributed by atoms with van der Waals surface area (Å²) >= 11 is 12.8. The second kappa shape index (κ2) is 28.9. The molecule has 4 heterocycles. The standard InChI is InChI=1S/C58H76Cl2N12O8S2/c1-39-7-9-41(51-35-69(3)37-53-43(31-61)25-45(59)29-49(51)53)27-55(39)81(75,76)67-47-11-17-71(33-47)19-23-79-21-15-65-57(73)63-13-5-6-14-64-58(74)66-16-22-80-24-20-72-18-12-48(34-72)68-82(77,78)56-28-42(10-8-40(56)2)52-36-70(4)38-54-44(32-62)26-46(60)30-50(52)54/h7-10,25-30,47-48,51-52,67-68H,5-6,11-24,33-38H2,1-4H3,(H2,63,65,73)(H2,64,66,74)/t47-,48-,51?,52?/m0/s1. The summed E-state index contributed by atoms with van der Waals surface area (Å²) in [4.78, 5) is 33.7. The van der Waals surface area contributed by atoms with E-state index in [9.17, 15) is 36.9 Å². The number of rotatable bonds is 25. The Hall–Kier alpha value is -5.44. The summed E-state index contributed by atoms with van der Waals surface area (Å²) in [5, 5.41) is 31.7. The van der Waals surface area contributed by atoms with Gasteiger partial charge >= 0.3 is 12.1 Å². The molecular formula is C58H76Cl2N12O8S2. The highest BCUT2D eigenvalue weighted by molar-refractivity contribution is 7.89. The van der Waals surface area contributed by atoms with Crippen LogP contribution in [-0.4, -0.2) is 180 Å². The van der Waals surface area contributed by atoms with E-state index in [-0.39, 0.29) is 45.8 Å². The monoisotopic (exact) mass is 1200 g/mol. The smallest absolute Gasteiger partial charge is 0.314 e. The molecule has 2 unspecified atom stereocenters. The van der Waals surface area contributed by atoms with Gasteiger partial charge in [-0.05, 0) is 148 Å². The molecule has 0 aliphatic carbocycles. The maximum Gasteiger partial charge on any atom is 0.314 e. The minimum absolute atomic E-state index is 0.149. The van der Waals surface area contributed by atoms with Crippen molar-refractivity contribution in [3.63, 3.8) is 0 Å². The topological polar surface area (TPSA) is 254 Å². The van der Waals surface area contributed by atoms with Crippen molar-refractivity contribution in [1.29, 1.82) is 10.5 Å². The Morgan fingerprint density at radius 2 is 0.988 bits per heavy atom. The molecule has 4 aromatic rings. The van der Waals surface area contributed by atoms with Crippen LogP contribution in [0, 0.1) is 36.5 Å². The molecule has 82 heavy (non-hydrogen) atoms. The Morgan fingerprint density at radius 3 is 1.39 bits per heavy atom. The van der Waals surface area contributed by atoms with Gasteiger partial charge in [0.2, 0.25) is 20.0 Å². The number of benzene rings is 4. The SMILES string of the molecule is Cc1ccc(C2CN(C)Cc3c(C#N)cc(Cl)cc32)cc1S(=O)(=O)N[C@H]1CCN(CCOCCNC(=O)NCCCCNC(=O)NCCOCCN2CC[C@H](NS(=O)(=O)c3cc(C4CN(C)Cc5c(C#N)cc(Cl)cc54)ccc3C)C2)C1. The first-order valence-electron chi connectivity index (χ1n) is 28.0. The highest BCUT2D eigenvalue weighted by atomic mass is 35.5. The van der Waals surface area contributed by atoms with Gasteiger partial charge in [0.15, 0.2) is 0 Å². The summed E-state index contributed by atoms with van der Waals surface area (Å²) in [6, 6.07) is 21.7. The van der Waals surface area contributed by atoms with E-state index in [0.29, 0.717) is 163 Å². The second-order valence-electron chi connectivity index (χ2n) is 21.9. The number of nitrogens with zero attached hydrogens (tertiary/aromatic N) is 6. The van der Waals surface area contributed by atoms with E-state index in [4.69, 9.17) is 32.7 Å². The van der Waals surface area contributed by atoms with E-state index in [1.54, 1.807) is 38.1 Å². The van der Waals surface area contributed by atoms with Gasteiger partial charge in [0, 0.05) is 113 Å². The number of fused-ring (bicyclic) bond motifs is 2. The summed E-state index contributed by atoms with van der Waals surface area (Å²) in [7, 11) is -3.70. The van der Waals surface area contributed by atoms with E-state index in [0.717, 1.165) is 46.5 Å². The van der Waals surface area contributed by atoms with Crippen molar-refractivity contribution in [1.82, 2.24) is 50.3 Å². The number of carbonyl (C=O) groups excluding carboxylic acids is 2. The number of likely N-dealkylation sites (N-methyl/N-ethyl adjacent to an activating group) is 2. The van der Waals surface area contributed by atoms with Crippen LogP contribution >= 0.6 is 23.2 Å². The highest BCUT2D eigenvalue weighted by Crippen LogP contribution is 2.39. The third-order valence-electron chi connectivity index (χ3n) is 15.7. The van der Waals surface area contributed by atoms with Gasteiger partial charge in [-0.25, -0.2) is 35.9 Å². The number of carbonyl (C=O) groups is 2. The fraction of sp³-hybridized carbons (Fsp3) is 0.517. The van der Waals surface area contributed by atoms with Crippen LogP contribution in [0.3, 0.4) is 0 Å². The summed E-state index contributed by atoms with van der Waals surface area (Å²) in [5.41, 5.74) is 7.79. The van der Waals surface area contributed by atoms with Crippen LogP contribution in [-0.2, 0) is 42.6 Å². The summed E-state index contributed by atoms with van der Waals surface area (Å²) in [6.45, 7) is 13.0. The van der Waals surface area contributed by atoms with Crippen molar-refractivity contribution in [3.05, 3.63) is 126 Å².